The molecule has 2 aromatic carbocycles. The Morgan fingerprint density at radius 1 is 1.02 bits per heavy atom. The van der Waals surface area contributed by atoms with Crippen molar-refractivity contribution in [1.29, 1.82) is 0 Å². The monoisotopic (exact) mass is 602 g/mol. The molecule has 0 bridgehead atoms. The highest BCUT2D eigenvalue weighted by molar-refractivity contribution is 6.06. The molecule has 0 aliphatic carbocycles. The molecule has 0 atom stereocenters. The number of aryl methyl sites for hydroxylation is 1. The highest BCUT2D eigenvalue weighted by Gasteiger charge is 2.21. The number of methoxy groups -OCH3 is 2. The van der Waals surface area contributed by atoms with Crippen molar-refractivity contribution in [3.8, 4) is 5.75 Å². The molecule has 0 unspecified atom stereocenters. The number of nitrogens with zero attached hydrogens (tertiary/aromatic N) is 5. The summed E-state index contributed by atoms with van der Waals surface area (Å²) in [7, 11) is 3.01. The second kappa shape index (κ2) is 15.0. The van der Waals surface area contributed by atoms with Crippen LogP contribution in [0.2, 0.25) is 0 Å². The van der Waals surface area contributed by atoms with Gasteiger partial charge in [0.25, 0.3) is 0 Å². The number of hydrogen-bond donors (Lipinski definition) is 1. The third-order valence-electron chi connectivity index (χ3n) is 8.05. The molecule has 44 heavy (non-hydrogen) atoms. The van der Waals surface area contributed by atoms with Gasteiger partial charge in [0.1, 0.15) is 17.1 Å². The molecule has 1 aliphatic heterocycles. The molecule has 1 saturated heterocycles. The van der Waals surface area contributed by atoms with Crippen LogP contribution in [0.15, 0.2) is 48.5 Å². The Hall–Kier alpha value is -4.22. The summed E-state index contributed by atoms with van der Waals surface area (Å²) < 4.78 is 17.9. The van der Waals surface area contributed by atoms with Crippen LogP contribution in [0.25, 0.3) is 21.9 Å². The molecule has 1 aliphatic rings. The molecule has 11 nitrogen and oxygen atoms in total. The number of amides is 1. The molecule has 1 amide bonds. The lowest BCUT2D eigenvalue weighted by molar-refractivity contribution is -0.142. The van der Waals surface area contributed by atoms with E-state index in [1.165, 1.54) is 13.5 Å². The highest BCUT2D eigenvalue weighted by Crippen LogP contribution is 2.29. The van der Waals surface area contributed by atoms with Gasteiger partial charge in [-0.25, -0.2) is 14.8 Å². The molecule has 4 aromatic rings. The number of carbonyl (C=O) groups excluding carboxylic acids is 2. The van der Waals surface area contributed by atoms with E-state index in [9.17, 15) is 9.59 Å². The van der Waals surface area contributed by atoms with Crippen molar-refractivity contribution in [2.45, 2.75) is 45.2 Å². The van der Waals surface area contributed by atoms with Crippen molar-refractivity contribution in [1.82, 2.24) is 24.3 Å². The predicted molar refractivity (Wildman–Crippen MR) is 169 cm³/mol. The zero-order valence-electron chi connectivity index (χ0n) is 25.7. The molecule has 2 aromatic heterocycles. The molecule has 2 N–H and O–H groups in total. The number of piperidine rings is 1. The lowest BCUT2D eigenvalue weighted by Gasteiger charge is -2.30. The summed E-state index contributed by atoms with van der Waals surface area (Å²) >= 11 is 0. The summed E-state index contributed by atoms with van der Waals surface area (Å²) in [5.74, 6) is 1.50. The fourth-order valence-electron chi connectivity index (χ4n) is 5.81. The SMILES string of the molecule is COCCc1nc2c(N)nc3ccccc3c2n1CCCN(Cc1cccc(OCC(=O)OC)c1)C(=O)CN1CCCCC1. The Kier molecular flexibility index (Phi) is 10.6. The number of fused-ring (bicyclic) bond motifs is 3. The maximum atomic E-state index is 13.7. The normalized spacial score (nSPS) is 13.8. The molecular weight excluding hydrogens is 560 g/mol. The summed E-state index contributed by atoms with van der Waals surface area (Å²) in [4.78, 5) is 38.9. The molecule has 11 heteroatoms. The predicted octanol–water partition coefficient (Wildman–Crippen LogP) is 3.81. The number of pyridine rings is 1. The van der Waals surface area contributed by atoms with E-state index >= 15 is 0 Å². The first kappa shape index (κ1) is 31.2. The minimum atomic E-state index is -0.448. The van der Waals surface area contributed by atoms with Gasteiger partial charge in [-0.1, -0.05) is 36.8 Å². The lowest BCUT2D eigenvalue weighted by Crippen LogP contribution is -2.42. The third kappa shape index (κ3) is 7.64. The standard InChI is InChI=1S/C33H42N6O5/c1-42-19-14-28-36-31-32(26-12-4-5-13-27(26)35-33(31)34)39(28)18-9-17-38(29(40)22-37-15-6-3-7-16-37)21-24-10-8-11-25(20-24)44-23-30(41)43-2/h4-5,8,10-13,20H,3,6-7,9,14-19,21-23H2,1-2H3,(H2,34,35). The second-order valence-electron chi connectivity index (χ2n) is 11.2. The first-order chi connectivity index (χ1) is 21.5. The van der Waals surface area contributed by atoms with Gasteiger partial charge in [0.05, 0.1) is 31.3 Å². The molecule has 234 valence electrons. The topological polar surface area (TPSA) is 125 Å². The Labute approximate surface area is 257 Å². The zero-order valence-corrected chi connectivity index (χ0v) is 25.7. The maximum absolute atomic E-state index is 13.7. The van der Waals surface area contributed by atoms with E-state index in [-0.39, 0.29) is 12.5 Å². The van der Waals surface area contributed by atoms with Crippen molar-refractivity contribution < 1.29 is 23.8 Å². The number of rotatable bonds is 14. The third-order valence-corrected chi connectivity index (χ3v) is 8.05. The Morgan fingerprint density at radius 3 is 2.64 bits per heavy atom. The van der Waals surface area contributed by atoms with Crippen LogP contribution in [0.5, 0.6) is 5.75 Å². The summed E-state index contributed by atoms with van der Waals surface area (Å²) in [6.45, 7) is 4.30. The van der Waals surface area contributed by atoms with Gasteiger partial charge in [0.15, 0.2) is 12.4 Å². The number of nitrogen functional groups attached to an aromatic ring is 1. The Morgan fingerprint density at radius 2 is 1.84 bits per heavy atom. The van der Waals surface area contributed by atoms with E-state index in [1.807, 2.05) is 47.4 Å². The van der Waals surface area contributed by atoms with Crippen LogP contribution in [0, 0.1) is 0 Å². The van der Waals surface area contributed by atoms with Gasteiger partial charge in [-0.3, -0.25) is 9.69 Å². The van der Waals surface area contributed by atoms with Gasteiger partial charge in [0.2, 0.25) is 5.91 Å². The van der Waals surface area contributed by atoms with Crippen molar-refractivity contribution in [3.05, 3.63) is 59.9 Å². The molecule has 0 saturated carbocycles. The van der Waals surface area contributed by atoms with Gasteiger partial charge >= 0.3 is 5.97 Å². The summed E-state index contributed by atoms with van der Waals surface area (Å²) in [6.07, 6.45) is 4.81. The Balaban J connectivity index is 1.37. The van der Waals surface area contributed by atoms with Crippen LogP contribution in [0.3, 0.4) is 0 Å². The number of benzene rings is 2. The van der Waals surface area contributed by atoms with E-state index in [2.05, 4.69) is 19.2 Å². The zero-order chi connectivity index (χ0) is 30.9. The minimum absolute atomic E-state index is 0.0989. The van der Waals surface area contributed by atoms with E-state index in [0.29, 0.717) is 62.7 Å². The first-order valence-electron chi connectivity index (χ1n) is 15.3. The van der Waals surface area contributed by atoms with E-state index < -0.39 is 5.97 Å². The van der Waals surface area contributed by atoms with Gasteiger partial charge in [-0.2, -0.15) is 0 Å². The van der Waals surface area contributed by atoms with Crippen LogP contribution in [0.4, 0.5) is 5.82 Å². The largest absolute Gasteiger partial charge is 0.482 e. The van der Waals surface area contributed by atoms with Crippen LogP contribution in [0.1, 0.15) is 37.1 Å². The number of nitrogens with two attached hydrogens (primary N) is 1. The fraction of sp³-hybridized carbons (Fsp3) is 0.455. The fourth-order valence-corrected chi connectivity index (χ4v) is 5.81. The molecule has 1 fully saturated rings. The molecule has 0 radical (unpaired) electrons. The van der Waals surface area contributed by atoms with E-state index in [4.69, 9.17) is 20.2 Å². The van der Waals surface area contributed by atoms with Crippen LogP contribution < -0.4 is 10.5 Å². The van der Waals surface area contributed by atoms with Gasteiger partial charge < -0.3 is 29.4 Å². The number of para-hydroxylation sites is 1. The minimum Gasteiger partial charge on any atom is -0.482 e. The Bertz CT molecular complexity index is 1580. The summed E-state index contributed by atoms with van der Waals surface area (Å²) in [6, 6.07) is 15.5. The summed E-state index contributed by atoms with van der Waals surface area (Å²) in [5, 5.41) is 0.995. The lowest BCUT2D eigenvalue weighted by atomic mass is 10.1. The van der Waals surface area contributed by atoms with Crippen LogP contribution in [-0.2, 0) is 38.6 Å². The van der Waals surface area contributed by atoms with Gasteiger partial charge in [-0.15, -0.1) is 0 Å². The number of hydrogen-bond acceptors (Lipinski definition) is 9. The first-order valence-corrected chi connectivity index (χ1v) is 15.3. The second-order valence-corrected chi connectivity index (χ2v) is 11.2. The average Bonchev–Trinajstić information content (AvgIpc) is 3.42. The van der Waals surface area contributed by atoms with Gasteiger partial charge in [0, 0.05) is 38.6 Å². The smallest absolute Gasteiger partial charge is 0.343 e. The number of ether oxygens (including phenoxy) is 3. The van der Waals surface area contributed by atoms with Crippen molar-refractivity contribution >= 4 is 39.6 Å². The maximum Gasteiger partial charge on any atom is 0.343 e. The number of likely N-dealkylation sites (tertiary alicyclic amines) is 1. The van der Waals surface area contributed by atoms with Crippen molar-refractivity contribution in [2.75, 3.05) is 59.3 Å². The molecule has 5 rings (SSSR count). The molecular formula is C33H42N6O5. The number of anilines is 1. The molecule has 3 heterocycles. The summed E-state index contributed by atoms with van der Waals surface area (Å²) in [5.41, 5.74) is 9.77. The van der Waals surface area contributed by atoms with E-state index in [1.54, 1.807) is 13.2 Å². The van der Waals surface area contributed by atoms with Crippen molar-refractivity contribution in [2.24, 2.45) is 0 Å². The van der Waals surface area contributed by atoms with Crippen molar-refractivity contribution in [3.63, 3.8) is 0 Å². The van der Waals surface area contributed by atoms with Crippen LogP contribution in [-0.4, -0.2) is 89.8 Å². The molecule has 0 spiro atoms. The van der Waals surface area contributed by atoms with E-state index in [0.717, 1.165) is 53.7 Å². The van der Waals surface area contributed by atoms with Crippen LogP contribution >= 0.6 is 0 Å². The number of aromatic nitrogens is 3. The quantitative estimate of drug-likeness (QED) is 0.215. The van der Waals surface area contributed by atoms with Gasteiger partial charge in [-0.05, 0) is 56.1 Å². The highest BCUT2D eigenvalue weighted by atomic mass is 16.6. The number of imidazole rings is 1. The number of carbonyl (C=O) groups is 2. The average molecular weight is 603 g/mol. The number of esters is 1.